The van der Waals surface area contributed by atoms with Crippen molar-refractivity contribution in [2.24, 2.45) is 0 Å². The van der Waals surface area contributed by atoms with E-state index in [1.54, 1.807) is 16.8 Å². The molecule has 6 heteroatoms. The highest BCUT2D eigenvalue weighted by Gasteiger charge is 2.09. The van der Waals surface area contributed by atoms with Gasteiger partial charge in [-0.25, -0.2) is 4.98 Å². The second-order valence-electron chi connectivity index (χ2n) is 3.93. The Morgan fingerprint density at radius 2 is 1.94 bits per heavy atom. The van der Waals surface area contributed by atoms with Gasteiger partial charge in [-0.2, -0.15) is 0 Å². The Morgan fingerprint density at radius 3 is 2.72 bits per heavy atom. The molecule has 0 aliphatic rings. The quantitative estimate of drug-likeness (QED) is 0.641. The normalized spacial score (nSPS) is 11.1. The van der Waals surface area contributed by atoms with Crippen LogP contribution in [-0.2, 0) is 0 Å². The zero-order valence-corrected chi connectivity index (χ0v) is 10.9. The molecular weight excluding hydrogens is 271 g/mol. The second-order valence-corrected chi connectivity index (χ2v) is 4.72. The molecule has 3 aromatic rings. The number of hydrogen-bond donors (Lipinski definition) is 0. The molecule has 3 rings (SSSR count). The van der Waals surface area contributed by atoms with Crippen molar-refractivity contribution in [2.75, 3.05) is 0 Å². The molecule has 0 bridgehead atoms. The summed E-state index contributed by atoms with van der Waals surface area (Å²) in [6.07, 6.45) is 1.60. The highest BCUT2D eigenvalue weighted by atomic mass is 35.5. The van der Waals surface area contributed by atoms with Crippen LogP contribution >= 0.6 is 23.2 Å². The van der Waals surface area contributed by atoms with Gasteiger partial charge in [-0.15, -0.1) is 10.2 Å². The van der Waals surface area contributed by atoms with Gasteiger partial charge in [0.05, 0.1) is 0 Å². The minimum Gasteiger partial charge on any atom is -0.265 e. The first-order valence-corrected chi connectivity index (χ1v) is 6.03. The molecule has 0 spiro atoms. The predicted octanol–water partition coefficient (Wildman–Crippen LogP) is 3.41. The van der Waals surface area contributed by atoms with Gasteiger partial charge in [-0.1, -0.05) is 35.3 Å². The van der Waals surface area contributed by atoms with Crippen LogP contribution in [0.3, 0.4) is 0 Å². The summed E-state index contributed by atoms with van der Waals surface area (Å²) in [5, 5.41) is 9.28. The van der Waals surface area contributed by atoms with Crippen molar-refractivity contribution in [1.82, 2.24) is 19.6 Å². The summed E-state index contributed by atoms with van der Waals surface area (Å²) in [6, 6.07) is 7.42. The lowest BCUT2D eigenvalue weighted by Gasteiger charge is -2.02. The Morgan fingerprint density at radius 1 is 1.11 bits per heavy atom. The fourth-order valence-electron chi connectivity index (χ4n) is 1.70. The van der Waals surface area contributed by atoms with E-state index >= 15 is 0 Å². The van der Waals surface area contributed by atoms with Gasteiger partial charge >= 0.3 is 0 Å². The standard InChI is InChI=1S/C12H8Cl2N4/c1-7-2-3-8(4-9(7)13)12-17-16-11-5-10(14)15-6-18(11)12/h2-6H,1H3. The third-order valence-corrected chi connectivity index (χ3v) is 3.31. The van der Waals surface area contributed by atoms with E-state index in [0.29, 0.717) is 21.6 Å². The van der Waals surface area contributed by atoms with E-state index in [-0.39, 0.29) is 0 Å². The molecule has 18 heavy (non-hydrogen) atoms. The molecule has 0 amide bonds. The van der Waals surface area contributed by atoms with Gasteiger partial charge in [-0.05, 0) is 18.6 Å². The van der Waals surface area contributed by atoms with Crippen molar-refractivity contribution >= 4 is 28.8 Å². The third kappa shape index (κ3) is 1.83. The van der Waals surface area contributed by atoms with E-state index in [2.05, 4.69) is 15.2 Å². The van der Waals surface area contributed by atoms with Gasteiger partial charge in [0.2, 0.25) is 0 Å². The fraction of sp³-hybridized carbons (Fsp3) is 0.0833. The van der Waals surface area contributed by atoms with Crippen molar-refractivity contribution in [1.29, 1.82) is 0 Å². The largest absolute Gasteiger partial charge is 0.265 e. The van der Waals surface area contributed by atoms with Crippen LogP contribution in [0.4, 0.5) is 0 Å². The van der Waals surface area contributed by atoms with Crippen LogP contribution in [-0.4, -0.2) is 19.6 Å². The Labute approximate surface area is 113 Å². The Bertz CT molecular complexity index is 736. The minimum atomic E-state index is 0.392. The van der Waals surface area contributed by atoms with Gasteiger partial charge in [0, 0.05) is 16.7 Å². The van der Waals surface area contributed by atoms with E-state index in [4.69, 9.17) is 23.2 Å². The Kier molecular flexibility index (Phi) is 2.69. The summed E-state index contributed by atoms with van der Waals surface area (Å²) < 4.78 is 1.77. The number of aromatic nitrogens is 4. The molecular formula is C12H8Cl2N4. The van der Waals surface area contributed by atoms with Crippen LogP contribution in [0.2, 0.25) is 10.2 Å². The number of fused-ring (bicyclic) bond motifs is 1. The molecule has 0 atom stereocenters. The molecule has 90 valence electrons. The summed E-state index contributed by atoms with van der Waals surface area (Å²) >= 11 is 11.9. The molecule has 0 saturated carbocycles. The van der Waals surface area contributed by atoms with Gasteiger partial charge in [-0.3, -0.25) is 4.40 Å². The van der Waals surface area contributed by atoms with Crippen molar-refractivity contribution < 1.29 is 0 Å². The van der Waals surface area contributed by atoms with Crippen LogP contribution in [0, 0.1) is 6.92 Å². The summed E-state index contributed by atoms with van der Waals surface area (Å²) in [7, 11) is 0. The lowest BCUT2D eigenvalue weighted by Crippen LogP contribution is -1.91. The molecule has 0 radical (unpaired) electrons. The van der Waals surface area contributed by atoms with Crippen molar-refractivity contribution in [2.45, 2.75) is 6.92 Å². The van der Waals surface area contributed by atoms with E-state index < -0.39 is 0 Å². The maximum atomic E-state index is 6.11. The topological polar surface area (TPSA) is 43.1 Å². The van der Waals surface area contributed by atoms with Crippen LogP contribution in [0.1, 0.15) is 5.56 Å². The maximum Gasteiger partial charge on any atom is 0.169 e. The Hall–Kier alpha value is -1.65. The summed E-state index contributed by atoms with van der Waals surface area (Å²) in [4.78, 5) is 4.02. The monoisotopic (exact) mass is 278 g/mol. The fourth-order valence-corrected chi connectivity index (χ4v) is 2.02. The van der Waals surface area contributed by atoms with E-state index in [0.717, 1.165) is 11.1 Å². The van der Waals surface area contributed by atoms with Crippen molar-refractivity contribution in [3.8, 4) is 11.4 Å². The maximum absolute atomic E-state index is 6.11. The molecule has 0 fully saturated rings. The number of halogens is 2. The minimum absolute atomic E-state index is 0.392. The van der Waals surface area contributed by atoms with E-state index in [1.807, 2.05) is 25.1 Å². The Balaban J connectivity index is 2.22. The first kappa shape index (κ1) is 11.4. The summed E-state index contributed by atoms with van der Waals surface area (Å²) in [5.41, 5.74) is 2.57. The highest BCUT2D eigenvalue weighted by Crippen LogP contribution is 2.24. The third-order valence-electron chi connectivity index (χ3n) is 2.70. The first-order valence-electron chi connectivity index (χ1n) is 5.28. The molecule has 0 saturated heterocycles. The first-order chi connectivity index (χ1) is 8.65. The lowest BCUT2D eigenvalue weighted by atomic mass is 10.1. The zero-order valence-electron chi connectivity index (χ0n) is 9.43. The number of rotatable bonds is 1. The number of hydrogen-bond acceptors (Lipinski definition) is 3. The molecule has 0 aliphatic carbocycles. The SMILES string of the molecule is Cc1ccc(-c2nnc3cc(Cl)ncn23)cc1Cl. The van der Waals surface area contributed by atoms with Gasteiger partial charge in [0.1, 0.15) is 11.5 Å². The molecule has 0 unspecified atom stereocenters. The molecule has 2 aromatic heterocycles. The van der Waals surface area contributed by atoms with Crippen LogP contribution in [0.25, 0.3) is 17.0 Å². The summed E-state index contributed by atoms with van der Waals surface area (Å²) in [6.45, 7) is 1.95. The lowest BCUT2D eigenvalue weighted by molar-refractivity contribution is 1.08. The predicted molar refractivity (Wildman–Crippen MR) is 71.0 cm³/mol. The van der Waals surface area contributed by atoms with Crippen LogP contribution in [0.15, 0.2) is 30.6 Å². The van der Waals surface area contributed by atoms with Crippen LogP contribution in [0.5, 0.6) is 0 Å². The highest BCUT2D eigenvalue weighted by molar-refractivity contribution is 6.31. The summed E-state index contributed by atoms with van der Waals surface area (Å²) in [5.74, 6) is 0.691. The van der Waals surface area contributed by atoms with Crippen molar-refractivity contribution in [3.63, 3.8) is 0 Å². The molecule has 0 aliphatic heterocycles. The number of nitrogens with zero attached hydrogens (tertiary/aromatic N) is 4. The van der Waals surface area contributed by atoms with Gasteiger partial charge in [0.25, 0.3) is 0 Å². The average Bonchev–Trinajstić information content (AvgIpc) is 2.75. The van der Waals surface area contributed by atoms with E-state index in [9.17, 15) is 0 Å². The smallest absolute Gasteiger partial charge is 0.169 e. The number of benzene rings is 1. The average molecular weight is 279 g/mol. The van der Waals surface area contributed by atoms with E-state index in [1.165, 1.54) is 0 Å². The van der Waals surface area contributed by atoms with Crippen LogP contribution < -0.4 is 0 Å². The molecule has 0 N–H and O–H groups in total. The van der Waals surface area contributed by atoms with Gasteiger partial charge < -0.3 is 0 Å². The van der Waals surface area contributed by atoms with Crippen molar-refractivity contribution in [3.05, 3.63) is 46.3 Å². The zero-order chi connectivity index (χ0) is 12.7. The molecule has 2 heterocycles. The molecule has 4 nitrogen and oxygen atoms in total. The molecule has 1 aromatic carbocycles. The van der Waals surface area contributed by atoms with Gasteiger partial charge in [0.15, 0.2) is 11.5 Å². The number of aryl methyl sites for hydroxylation is 1. The second kappa shape index (κ2) is 4.23.